The maximum atomic E-state index is 12.2. The van der Waals surface area contributed by atoms with E-state index in [2.05, 4.69) is 0 Å². The van der Waals surface area contributed by atoms with Crippen LogP contribution in [0.5, 0.6) is 0 Å². The molecular formula is C13H23NO3. The van der Waals surface area contributed by atoms with Gasteiger partial charge in [-0.1, -0.05) is 6.42 Å². The summed E-state index contributed by atoms with van der Waals surface area (Å²) >= 11 is 0. The van der Waals surface area contributed by atoms with E-state index in [1.165, 1.54) is 0 Å². The standard InChI is InChI=1S/C13H23NO3/c1-9(17-2)13(16)14-8-4-6-11(14)10-5-3-7-12(10)15/h9-12,15H,3-8H2,1-2H3. The maximum absolute atomic E-state index is 12.2. The number of aliphatic hydroxyl groups excluding tert-OH is 1. The molecule has 1 saturated heterocycles. The van der Waals surface area contributed by atoms with Gasteiger partial charge in [-0.15, -0.1) is 0 Å². The lowest BCUT2D eigenvalue weighted by atomic mass is 9.94. The Kier molecular flexibility index (Phi) is 4.05. The predicted octanol–water partition coefficient (Wildman–Crippen LogP) is 1.17. The van der Waals surface area contributed by atoms with Crippen LogP contribution in [0.15, 0.2) is 0 Å². The SMILES string of the molecule is COC(C)C(=O)N1CCCC1C1CCCC1O. The Morgan fingerprint density at radius 1 is 1.35 bits per heavy atom. The highest BCUT2D eigenvalue weighted by Gasteiger charge is 2.40. The van der Waals surface area contributed by atoms with Crippen molar-refractivity contribution in [3.05, 3.63) is 0 Å². The lowest BCUT2D eigenvalue weighted by molar-refractivity contribution is -0.143. The van der Waals surface area contributed by atoms with Crippen molar-refractivity contribution < 1.29 is 14.6 Å². The van der Waals surface area contributed by atoms with Crippen molar-refractivity contribution in [1.29, 1.82) is 0 Å². The summed E-state index contributed by atoms with van der Waals surface area (Å²) in [7, 11) is 1.57. The fourth-order valence-corrected chi connectivity index (χ4v) is 3.26. The Bertz CT molecular complexity index is 282. The molecule has 0 aromatic heterocycles. The van der Waals surface area contributed by atoms with E-state index in [4.69, 9.17) is 4.74 Å². The summed E-state index contributed by atoms with van der Waals surface area (Å²) < 4.78 is 5.11. The van der Waals surface area contributed by atoms with Crippen LogP contribution in [-0.2, 0) is 9.53 Å². The maximum Gasteiger partial charge on any atom is 0.251 e. The van der Waals surface area contributed by atoms with Crippen LogP contribution in [0.25, 0.3) is 0 Å². The van der Waals surface area contributed by atoms with Gasteiger partial charge in [0.15, 0.2) is 0 Å². The summed E-state index contributed by atoms with van der Waals surface area (Å²) in [4.78, 5) is 14.1. The summed E-state index contributed by atoms with van der Waals surface area (Å²) in [6.07, 6.45) is 4.53. The van der Waals surface area contributed by atoms with Gasteiger partial charge < -0.3 is 14.7 Å². The number of hydrogen-bond acceptors (Lipinski definition) is 3. The van der Waals surface area contributed by atoms with E-state index >= 15 is 0 Å². The monoisotopic (exact) mass is 241 g/mol. The van der Waals surface area contributed by atoms with Crippen LogP contribution in [0.4, 0.5) is 0 Å². The Morgan fingerprint density at radius 3 is 2.71 bits per heavy atom. The third-order valence-corrected chi connectivity index (χ3v) is 4.31. The molecule has 4 nitrogen and oxygen atoms in total. The molecule has 4 atom stereocenters. The molecule has 1 saturated carbocycles. The summed E-state index contributed by atoms with van der Waals surface area (Å²) in [5.41, 5.74) is 0. The molecule has 1 heterocycles. The van der Waals surface area contributed by atoms with Gasteiger partial charge in [0.2, 0.25) is 0 Å². The zero-order valence-corrected chi connectivity index (χ0v) is 10.8. The number of carbonyl (C=O) groups excluding carboxylic acids is 1. The molecule has 0 radical (unpaired) electrons. The highest BCUT2D eigenvalue weighted by atomic mass is 16.5. The van der Waals surface area contributed by atoms with Gasteiger partial charge in [-0.3, -0.25) is 4.79 Å². The van der Waals surface area contributed by atoms with Gasteiger partial charge in [0.25, 0.3) is 5.91 Å². The van der Waals surface area contributed by atoms with Crippen LogP contribution >= 0.6 is 0 Å². The van der Waals surface area contributed by atoms with Crippen molar-refractivity contribution in [3.8, 4) is 0 Å². The lowest BCUT2D eigenvalue weighted by Crippen LogP contribution is -2.46. The first kappa shape index (κ1) is 12.8. The molecule has 4 unspecified atom stereocenters. The minimum atomic E-state index is -0.367. The van der Waals surface area contributed by atoms with Crippen LogP contribution < -0.4 is 0 Å². The molecule has 2 aliphatic rings. The van der Waals surface area contributed by atoms with Gasteiger partial charge in [0.1, 0.15) is 6.10 Å². The van der Waals surface area contributed by atoms with Crippen molar-refractivity contribution in [2.24, 2.45) is 5.92 Å². The van der Waals surface area contributed by atoms with Crippen LogP contribution in [0.2, 0.25) is 0 Å². The van der Waals surface area contributed by atoms with E-state index in [1.54, 1.807) is 14.0 Å². The van der Waals surface area contributed by atoms with Crippen LogP contribution in [-0.4, -0.2) is 47.8 Å². The number of amides is 1. The van der Waals surface area contributed by atoms with E-state index in [9.17, 15) is 9.90 Å². The molecule has 17 heavy (non-hydrogen) atoms. The van der Waals surface area contributed by atoms with Crippen molar-refractivity contribution in [2.75, 3.05) is 13.7 Å². The highest BCUT2D eigenvalue weighted by molar-refractivity contribution is 5.81. The second-order valence-electron chi connectivity index (χ2n) is 5.28. The molecule has 98 valence electrons. The quantitative estimate of drug-likeness (QED) is 0.807. The third-order valence-electron chi connectivity index (χ3n) is 4.31. The molecule has 1 N–H and O–H groups in total. The third kappa shape index (κ3) is 2.47. The smallest absolute Gasteiger partial charge is 0.251 e. The fraction of sp³-hybridized carbons (Fsp3) is 0.923. The summed E-state index contributed by atoms with van der Waals surface area (Å²) in [5.74, 6) is 0.361. The lowest BCUT2D eigenvalue weighted by Gasteiger charge is -2.32. The van der Waals surface area contributed by atoms with Crippen LogP contribution in [0.3, 0.4) is 0 Å². The fourth-order valence-electron chi connectivity index (χ4n) is 3.26. The second kappa shape index (κ2) is 5.36. The molecule has 1 amide bonds. The molecule has 0 aromatic carbocycles. The van der Waals surface area contributed by atoms with Gasteiger partial charge >= 0.3 is 0 Å². The molecule has 0 aromatic rings. The van der Waals surface area contributed by atoms with E-state index in [1.807, 2.05) is 4.90 Å². The zero-order chi connectivity index (χ0) is 12.4. The Balaban J connectivity index is 2.04. The largest absolute Gasteiger partial charge is 0.393 e. The number of nitrogens with zero attached hydrogens (tertiary/aromatic N) is 1. The first-order valence-corrected chi connectivity index (χ1v) is 6.66. The number of aliphatic hydroxyl groups is 1. The Morgan fingerprint density at radius 2 is 2.12 bits per heavy atom. The Hall–Kier alpha value is -0.610. The highest BCUT2D eigenvalue weighted by Crippen LogP contribution is 2.36. The van der Waals surface area contributed by atoms with Crippen molar-refractivity contribution in [3.63, 3.8) is 0 Å². The van der Waals surface area contributed by atoms with Gasteiger partial charge in [0, 0.05) is 25.6 Å². The molecular weight excluding hydrogens is 218 g/mol. The number of carbonyl (C=O) groups is 1. The molecule has 0 bridgehead atoms. The van der Waals surface area contributed by atoms with Crippen LogP contribution in [0, 0.1) is 5.92 Å². The van der Waals surface area contributed by atoms with E-state index in [0.717, 1.165) is 38.6 Å². The molecule has 1 aliphatic heterocycles. The van der Waals surface area contributed by atoms with Gasteiger partial charge in [-0.25, -0.2) is 0 Å². The number of methoxy groups -OCH3 is 1. The number of hydrogen-bond donors (Lipinski definition) is 1. The molecule has 1 aliphatic carbocycles. The van der Waals surface area contributed by atoms with Gasteiger partial charge in [0.05, 0.1) is 6.10 Å². The predicted molar refractivity (Wildman–Crippen MR) is 64.6 cm³/mol. The van der Waals surface area contributed by atoms with Gasteiger partial charge in [-0.2, -0.15) is 0 Å². The average Bonchev–Trinajstić information content (AvgIpc) is 2.94. The zero-order valence-electron chi connectivity index (χ0n) is 10.8. The molecule has 2 fully saturated rings. The minimum absolute atomic E-state index is 0.0779. The van der Waals surface area contributed by atoms with Gasteiger partial charge in [-0.05, 0) is 32.6 Å². The number of likely N-dealkylation sites (tertiary alicyclic amines) is 1. The molecule has 4 heteroatoms. The second-order valence-corrected chi connectivity index (χ2v) is 5.28. The summed E-state index contributed by atoms with van der Waals surface area (Å²) in [5, 5.41) is 9.98. The molecule has 2 rings (SSSR count). The van der Waals surface area contributed by atoms with Crippen molar-refractivity contribution >= 4 is 5.91 Å². The summed E-state index contributed by atoms with van der Waals surface area (Å²) in [6, 6.07) is 0.234. The van der Waals surface area contributed by atoms with Crippen LogP contribution in [0.1, 0.15) is 39.0 Å². The first-order chi connectivity index (χ1) is 8.15. The first-order valence-electron chi connectivity index (χ1n) is 6.66. The van der Waals surface area contributed by atoms with Crippen molar-refractivity contribution in [2.45, 2.75) is 57.3 Å². The normalized spacial score (nSPS) is 35.2. The number of rotatable bonds is 3. The Labute approximate surface area is 103 Å². The summed E-state index contributed by atoms with van der Waals surface area (Å²) in [6.45, 7) is 2.61. The topological polar surface area (TPSA) is 49.8 Å². The number of ether oxygens (including phenoxy) is 1. The van der Waals surface area contributed by atoms with E-state index < -0.39 is 0 Å². The average molecular weight is 241 g/mol. The molecule has 0 spiro atoms. The van der Waals surface area contributed by atoms with E-state index in [-0.39, 0.29) is 30.1 Å². The minimum Gasteiger partial charge on any atom is -0.393 e. The van der Waals surface area contributed by atoms with E-state index in [0.29, 0.717) is 0 Å². The van der Waals surface area contributed by atoms with Crippen molar-refractivity contribution in [1.82, 2.24) is 4.90 Å².